The number of nitrogens with zero attached hydrogens (tertiary/aromatic N) is 3. The molecule has 1 aliphatic rings. The van der Waals surface area contributed by atoms with Crippen molar-refractivity contribution in [2.24, 2.45) is 11.1 Å². The summed E-state index contributed by atoms with van der Waals surface area (Å²) in [7, 11) is -4.22. The first-order valence-electron chi connectivity index (χ1n) is 13.9. The topological polar surface area (TPSA) is 128 Å². The molecular formula is C32H27FN4O4S3. The predicted molar refractivity (Wildman–Crippen MR) is 168 cm³/mol. The van der Waals surface area contributed by atoms with Gasteiger partial charge in [0.1, 0.15) is 10.7 Å². The minimum absolute atomic E-state index is 0.0708. The zero-order valence-electron chi connectivity index (χ0n) is 23.6. The summed E-state index contributed by atoms with van der Waals surface area (Å²) in [4.78, 5) is 17.5. The maximum Gasteiger partial charge on any atom is 0.355 e. The van der Waals surface area contributed by atoms with Crippen molar-refractivity contribution in [2.75, 3.05) is 0 Å². The molecule has 44 heavy (non-hydrogen) atoms. The summed E-state index contributed by atoms with van der Waals surface area (Å²) < 4.78 is 40.3. The molecule has 0 spiro atoms. The van der Waals surface area contributed by atoms with Crippen LogP contribution in [0.25, 0.3) is 16.4 Å². The van der Waals surface area contributed by atoms with Gasteiger partial charge in [-0.1, -0.05) is 42.9 Å². The molecule has 0 aliphatic heterocycles. The molecule has 0 saturated heterocycles. The Balaban J connectivity index is 1.49. The van der Waals surface area contributed by atoms with Crippen molar-refractivity contribution < 1.29 is 22.7 Å². The standard InChI is InChI=1S/C32H27FN4O4S3/c1-19-5-11-24(43-19)12-8-21-3-2-4-23(15-21)30-25(16-22-10-14-29(26(33)17-22)44(34,40)41)28(13-9-20-6-7-20)37(36-30)32-35-27(18-42-32)31(38)39/h2-5,10-11,14-15,17-18,20H,6-7,9,13,16H2,1H3,(H,38,39)(H2,34,40,41). The molecule has 224 valence electrons. The summed E-state index contributed by atoms with van der Waals surface area (Å²) in [5, 5.41) is 21.6. The molecule has 0 unspecified atom stereocenters. The quantitative estimate of drug-likeness (QED) is 0.184. The fourth-order valence-electron chi connectivity index (χ4n) is 4.99. The molecule has 2 aromatic carbocycles. The van der Waals surface area contributed by atoms with Crippen LogP contribution in [0.5, 0.6) is 0 Å². The molecule has 0 atom stereocenters. The molecule has 0 bridgehead atoms. The Labute approximate surface area is 262 Å². The van der Waals surface area contributed by atoms with E-state index in [9.17, 15) is 22.7 Å². The van der Waals surface area contributed by atoms with Crippen LogP contribution in [0.2, 0.25) is 0 Å². The van der Waals surface area contributed by atoms with E-state index >= 15 is 0 Å². The van der Waals surface area contributed by atoms with Gasteiger partial charge in [0.25, 0.3) is 0 Å². The highest BCUT2D eigenvalue weighted by Crippen LogP contribution is 2.37. The van der Waals surface area contributed by atoms with Gasteiger partial charge in [0.05, 0.1) is 16.3 Å². The maximum absolute atomic E-state index is 14.9. The normalized spacial score (nSPS) is 13.1. The van der Waals surface area contributed by atoms with Crippen molar-refractivity contribution in [1.82, 2.24) is 14.8 Å². The third-order valence-electron chi connectivity index (χ3n) is 7.36. The zero-order valence-corrected chi connectivity index (χ0v) is 26.0. The van der Waals surface area contributed by atoms with Crippen molar-refractivity contribution in [2.45, 2.75) is 43.9 Å². The predicted octanol–water partition coefficient (Wildman–Crippen LogP) is 6.18. The molecule has 0 amide bonds. The van der Waals surface area contributed by atoms with E-state index in [1.54, 1.807) is 22.1 Å². The average molecular weight is 647 g/mol. The lowest BCUT2D eigenvalue weighted by Crippen LogP contribution is -2.14. The van der Waals surface area contributed by atoms with Crippen LogP contribution in [0.4, 0.5) is 4.39 Å². The van der Waals surface area contributed by atoms with Gasteiger partial charge in [-0.3, -0.25) is 0 Å². The van der Waals surface area contributed by atoms with Crippen LogP contribution < -0.4 is 5.14 Å². The number of carboxylic acids is 1. The summed E-state index contributed by atoms with van der Waals surface area (Å²) in [6, 6.07) is 15.6. The lowest BCUT2D eigenvalue weighted by atomic mass is 9.96. The van der Waals surface area contributed by atoms with Crippen LogP contribution in [0.15, 0.2) is 64.9 Å². The van der Waals surface area contributed by atoms with E-state index in [0.717, 1.165) is 46.5 Å². The van der Waals surface area contributed by atoms with E-state index in [-0.39, 0.29) is 12.1 Å². The molecular weight excluding hydrogens is 620 g/mol. The number of benzene rings is 2. The number of thiazole rings is 1. The highest BCUT2D eigenvalue weighted by molar-refractivity contribution is 7.89. The Morgan fingerprint density at radius 2 is 1.98 bits per heavy atom. The Morgan fingerprint density at radius 3 is 2.64 bits per heavy atom. The van der Waals surface area contributed by atoms with E-state index in [1.165, 1.54) is 33.7 Å². The number of thiophene rings is 1. The van der Waals surface area contributed by atoms with E-state index in [0.29, 0.717) is 28.7 Å². The number of carboxylic acid groups (broad SMARTS) is 1. The fourth-order valence-corrected chi connectivity index (χ4v) is 7.08. The van der Waals surface area contributed by atoms with Gasteiger partial charge in [-0.2, -0.15) is 5.10 Å². The Bertz CT molecular complexity index is 2060. The number of sulfonamides is 1. The first-order chi connectivity index (χ1) is 21.0. The van der Waals surface area contributed by atoms with Gasteiger partial charge >= 0.3 is 5.97 Å². The van der Waals surface area contributed by atoms with E-state index in [2.05, 4.69) is 16.8 Å². The molecule has 5 aromatic rings. The van der Waals surface area contributed by atoms with Crippen LogP contribution >= 0.6 is 22.7 Å². The number of hydrogen-bond donors (Lipinski definition) is 2. The van der Waals surface area contributed by atoms with Crippen LogP contribution in [0, 0.1) is 30.5 Å². The van der Waals surface area contributed by atoms with E-state index < -0.39 is 26.7 Å². The summed E-state index contributed by atoms with van der Waals surface area (Å²) in [5.74, 6) is 4.99. The van der Waals surface area contributed by atoms with Gasteiger partial charge in [-0.15, -0.1) is 22.7 Å². The van der Waals surface area contributed by atoms with Crippen LogP contribution in [0.1, 0.15) is 61.9 Å². The molecule has 3 aromatic heterocycles. The Hall–Kier alpha value is -4.15. The van der Waals surface area contributed by atoms with Crippen LogP contribution in [0.3, 0.4) is 0 Å². The monoisotopic (exact) mass is 646 g/mol. The minimum atomic E-state index is -4.22. The minimum Gasteiger partial charge on any atom is -0.476 e. The summed E-state index contributed by atoms with van der Waals surface area (Å²) in [6.45, 7) is 2.03. The molecule has 8 nitrogen and oxygen atoms in total. The highest BCUT2D eigenvalue weighted by atomic mass is 32.2. The van der Waals surface area contributed by atoms with Gasteiger partial charge in [-0.25, -0.2) is 32.4 Å². The summed E-state index contributed by atoms with van der Waals surface area (Å²) >= 11 is 2.80. The van der Waals surface area contributed by atoms with Gasteiger partial charge in [0.15, 0.2) is 5.69 Å². The molecule has 3 N–H and O–H groups in total. The first-order valence-corrected chi connectivity index (χ1v) is 17.1. The highest BCUT2D eigenvalue weighted by Gasteiger charge is 2.27. The second-order valence-electron chi connectivity index (χ2n) is 10.7. The Kier molecular flexibility index (Phi) is 8.22. The van der Waals surface area contributed by atoms with Gasteiger partial charge in [0.2, 0.25) is 15.2 Å². The van der Waals surface area contributed by atoms with E-state index in [4.69, 9.17) is 10.2 Å². The number of hydrogen-bond acceptors (Lipinski definition) is 7. The summed E-state index contributed by atoms with van der Waals surface area (Å²) in [5.41, 5.74) is 4.35. The van der Waals surface area contributed by atoms with Crippen molar-refractivity contribution in [3.63, 3.8) is 0 Å². The third-order valence-corrected chi connectivity index (χ3v) is 10.0. The van der Waals surface area contributed by atoms with Crippen molar-refractivity contribution in [3.05, 3.63) is 104 Å². The van der Waals surface area contributed by atoms with Crippen LogP contribution in [-0.4, -0.2) is 34.3 Å². The number of primary sulfonamides is 1. The first kappa shape index (κ1) is 29.9. The number of aromatic nitrogens is 3. The molecule has 3 heterocycles. The third kappa shape index (κ3) is 6.66. The number of aromatic carboxylic acids is 1. The molecule has 1 saturated carbocycles. The van der Waals surface area contributed by atoms with Crippen molar-refractivity contribution in [3.8, 4) is 28.2 Å². The average Bonchev–Trinajstić information content (AvgIpc) is 3.33. The lowest BCUT2D eigenvalue weighted by molar-refractivity contribution is 0.0691. The largest absolute Gasteiger partial charge is 0.476 e. The van der Waals surface area contributed by atoms with Crippen molar-refractivity contribution in [1.29, 1.82) is 0 Å². The zero-order chi connectivity index (χ0) is 31.0. The number of aryl methyl sites for hydroxylation is 1. The molecule has 0 radical (unpaired) electrons. The van der Waals surface area contributed by atoms with Crippen LogP contribution in [-0.2, 0) is 22.9 Å². The summed E-state index contributed by atoms with van der Waals surface area (Å²) in [6.07, 6.45) is 4.13. The maximum atomic E-state index is 14.9. The molecule has 1 fully saturated rings. The number of carbonyl (C=O) groups is 1. The molecule has 1 aliphatic carbocycles. The SMILES string of the molecule is Cc1ccc(C#Cc2cccc(-c3nn(-c4nc(C(=O)O)cs4)c(CCC4CC4)c3Cc3ccc(S(N)(=O)=O)c(F)c3)c2)s1. The van der Waals surface area contributed by atoms with Gasteiger partial charge in [-0.05, 0) is 67.6 Å². The van der Waals surface area contributed by atoms with Gasteiger partial charge < -0.3 is 5.11 Å². The smallest absolute Gasteiger partial charge is 0.355 e. The second kappa shape index (κ2) is 12.1. The Morgan fingerprint density at radius 1 is 1.16 bits per heavy atom. The molecule has 6 rings (SSSR count). The second-order valence-corrected chi connectivity index (χ2v) is 14.4. The fraction of sp³-hybridized carbons (Fsp3) is 0.219. The number of nitrogens with two attached hydrogens (primary N) is 1. The van der Waals surface area contributed by atoms with Gasteiger partial charge in [0, 0.05) is 33.4 Å². The van der Waals surface area contributed by atoms with Crippen molar-refractivity contribution >= 4 is 38.7 Å². The van der Waals surface area contributed by atoms with E-state index in [1.807, 2.05) is 43.3 Å². The number of halogens is 1. The number of rotatable bonds is 9. The molecule has 12 heteroatoms. The lowest BCUT2D eigenvalue weighted by Gasteiger charge is -2.10.